The fraction of sp³-hybridized carbons (Fsp3) is 0.625. The molecule has 0 aliphatic rings. The predicted octanol–water partition coefficient (Wildman–Crippen LogP) is 4.39. The van der Waals surface area contributed by atoms with Crippen LogP contribution in [0.3, 0.4) is 0 Å². The van der Waals surface area contributed by atoms with Crippen LogP contribution < -0.4 is 13.3 Å². The third-order valence-corrected chi connectivity index (χ3v) is 6.64. The molecule has 0 saturated carbocycles. The Balaban J connectivity index is 2.96. The Morgan fingerprint density at radius 2 is 1.35 bits per heavy atom. The van der Waals surface area contributed by atoms with Crippen molar-refractivity contribution in [1.29, 1.82) is 0 Å². The van der Waals surface area contributed by atoms with Crippen LogP contribution in [0.4, 0.5) is 0 Å². The number of rotatable bonds is 8. The quantitative estimate of drug-likeness (QED) is 0.666. The standard InChI is InChI=1S/C8H10O3.2C4H9.Al/c1-10-6-4-3-5-7(11-2)8(6)9;2*1-4(2)3;/h3-5,9H,1-2H3;2*4H,1H2,2-3H3;/q;;;+1/p-1. The van der Waals surface area contributed by atoms with Gasteiger partial charge in [-0.05, 0) is 12.1 Å². The molecule has 3 nitrogen and oxygen atoms in total. The van der Waals surface area contributed by atoms with E-state index in [0.717, 1.165) is 17.2 Å². The first-order chi connectivity index (χ1) is 9.47. The van der Waals surface area contributed by atoms with Crippen molar-refractivity contribution in [2.24, 2.45) is 11.8 Å². The van der Waals surface area contributed by atoms with Gasteiger partial charge in [-0.3, -0.25) is 0 Å². The smallest absolute Gasteiger partial charge is 0.547 e. The second-order valence-electron chi connectivity index (χ2n) is 5.99. The van der Waals surface area contributed by atoms with Crippen LogP contribution in [-0.4, -0.2) is 28.7 Å². The predicted molar refractivity (Wildman–Crippen MR) is 85.2 cm³/mol. The minimum absolute atomic E-state index is 0.658. The number of ether oxygens (including phenoxy) is 2. The van der Waals surface area contributed by atoms with Crippen molar-refractivity contribution in [3.63, 3.8) is 0 Å². The van der Waals surface area contributed by atoms with Gasteiger partial charge in [0.25, 0.3) is 0 Å². The molecule has 112 valence electrons. The van der Waals surface area contributed by atoms with Crippen LogP contribution in [0.2, 0.25) is 10.6 Å². The van der Waals surface area contributed by atoms with E-state index in [0.29, 0.717) is 11.8 Å². The van der Waals surface area contributed by atoms with E-state index in [1.807, 2.05) is 18.2 Å². The monoisotopic (exact) mass is 294 g/mol. The van der Waals surface area contributed by atoms with Crippen LogP contribution in [0, 0.1) is 11.8 Å². The summed E-state index contributed by atoms with van der Waals surface area (Å²) in [7, 11) is 3.34. The van der Waals surface area contributed by atoms with Gasteiger partial charge in [-0.1, -0.05) is 56.2 Å². The number of hydrogen-bond donors (Lipinski definition) is 0. The summed E-state index contributed by atoms with van der Waals surface area (Å²) in [4.78, 5) is 0. The average molecular weight is 294 g/mol. The Hall–Kier alpha value is -0.848. The van der Waals surface area contributed by atoms with Gasteiger partial charge in [-0.15, -0.1) is 0 Å². The highest BCUT2D eigenvalue weighted by atomic mass is 27.2. The zero-order valence-electron chi connectivity index (χ0n) is 13.6. The molecular weight excluding hydrogens is 267 g/mol. The third kappa shape index (κ3) is 5.27. The van der Waals surface area contributed by atoms with Gasteiger partial charge in [0.2, 0.25) is 0 Å². The van der Waals surface area contributed by atoms with Crippen LogP contribution in [0.1, 0.15) is 27.7 Å². The molecule has 0 bridgehead atoms. The molecule has 4 heteroatoms. The third-order valence-electron chi connectivity index (χ3n) is 3.14. The lowest BCUT2D eigenvalue weighted by atomic mass is 10.3. The van der Waals surface area contributed by atoms with Gasteiger partial charge in [0.1, 0.15) is 0 Å². The Morgan fingerprint density at radius 3 is 1.70 bits per heavy atom. The zero-order chi connectivity index (χ0) is 15.1. The fourth-order valence-electron chi connectivity index (χ4n) is 2.34. The highest BCUT2D eigenvalue weighted by Gasteiger charge is 2.28. The normalized spacial score (nSPS) is 10.8. The van der Waals surface area contributed by atoms with Crippen LogP contribution in [0.15, 0.2) is 18.2 Å². The second kappa shape index (κ2) is 8.44. The summed E-state index contributed by atoms with van der Waals surface area (Å²) in [5.41, 5.74) is 0. The summed E-state index contributed by atoms with van der Waals surface area (Å²) >= 11 is -1.32. The average Bonchev–Trinajstić information content (AvgIpc) is 2.37. The highest BCUT2D eigenvalue weighted by molar-refractivity contribution is 6.52. The molecule has 1 aromatic carbocycles. The van der Waals surface area contributed by atoms with Gasteiger partial charge in [0, 0.05) is 0 Å². The summed E-state index contributed by atoms with van der Waals surface area (Å²) in [6, 6.07) is 5.77. The van der Waals surface area contributed by atoms with Crippen molar-refractivity contribution in [1.82, 2.24) is 0 Å². The molecule has 0 fully saturated rings. The largest absolute Gasteiger partial charge is 0.637 e. The Kier molecular flexibility index (Phi) is 7.26. The Morgan fingerprint density at radius 1 is 0.900 bits per heavy atom. The van der Waals surface area contributed by atoms with Crippen LogP contribution in [0.25, 0.3) is 0 Å². The van der Waals surface area contributed by atoms with E-state index in [1.165, 1.54) is 10.6 Å². The lowest BCUT2D eigenvalue weighted by Crippen LogP contribution is -2.26. The van der Waals surface area contributed by atoms with E-state index in [4.69, 9.17) is 13.3 Å². The van der Waals surface area contributed by atoms with E-state index in [-0.39, 0.29) is 0 Å². The molecule has 0 amide bonds. The maximum Gasteiger partial charge on any atom is 0.547 e. The van der Waals surface area contributed by atoms with Gasteiger partial charge >= 0.3 is 14.5 Å². The highest BCUT2D eigenvalue weighted by Crippen LogP contribution is 2.38. The molecule has 0 aromatic heterocycles. The van der Waals surface area contributed by atoms with E-state index in [9.17, 15) is 0 Å². The number of methoxy groups -OCH3 is 2. The summed E-state index contributed by atoms with van der Waals surface area (Å²) in [5, 5.41) is 2.33. The molecule has 0 N–H and O–H groups in total. The molecule has 1 rings (SSSR count). The van der Waals surface area contributed by atoms with E-state index in [1.54, 1.807) is 14.2 Å². The molecule has 0 spiro atoms. The van der Waals surface area contributed by atoms with Crippen molar-refractivity contribution in [2.45, 2.75) is 38.3 Å². The number of para-hydroxylation sites is 1. The summed E-state index contributed by atoms with van der Waals surface area (Å²) in [6.07, 6.45) is 0. The number of hydrogen-bond acceptors (Lipinski definition) is 3. The minimum atomic E-state index is -1.32. The van der Waals surface area contributed by atoms with Crippen LogP contribution in [0.5, 0.6) is 17.2 Å². The molecule has 0 aliphatic carbocycles. The molecule has 0 radical (unpaired) electrons. The fourth-order valence-corrected chi connectivity index (χ4v) is 5.40. The maximum atomic E-state index is 6.37. The lowest BCUT2D eigenvalue weighted by Gasteiger charge is -2.21. The number of benzene rings is 1. The maximum absolute atomic E-state index is 6.37. The lowest BCUT2D eigenvalue weighted by molar-refractivity contribution is 0.360. The first-order valence-electron chi connectivity index (χ1n) is 7.35. The first kappa shape index (κ1) is 17.2. The topological polar surface area (TPSA) is 27.7 Å². The molecule has 0 heterocycles. The SMILES string of the molecule is COc1cccc(OC)c1[O][Al]([CH2]C(C)C)[CH2]C(C)C. The van der Waals surface area contributed by atoms with Crippen LogP contribution in [-0.2, 0) is 0 Å². The first-order valence-corrected chi connectivity index (χ1v) is 9.46. The molecule has 0 saturated heterocycles. The van der Waals surface area contributed by atoms with E-state index >= 15 is 0 Å². The van der Waals surface area contributed by atoms with Crippen molar-refractivity contribution in [2.75, 3.05) is 14.2 Å². The summed E-state index contributed by atoms with van der Waals surface area (Å²) in [5.74, 6) is 3.61. The molecule has 0 aliphatic heterocycles. The van der Waals surface area contributed by atoms with Gasteiger partial charge in [-0.25, -0.2) is 0 Å². The van der Waals surface area contributed by atoms with Crippen molar-refractivity contribution in [3.05, 3.63) is 18.2 Å². The molecule has 1 aromatic rings. The summed E-state index contributed by atoms with van der Waals surface area (Å²) in [6.45, 7) is 9.01. The molecule has 0 unspecified atom stereocenters. The van der Waals surface area contributed by atoms with Gasteiger partial charge in [-0.2, -0.15) is 0 Å². The molecule has 20 heavy (non-hydrogen) atoms. The van der Waals surface area contributed by atoms with Gasteiger partial charge in [0.15, 0.2) is 17.2 Å². The molecular formula is C16H27AlO3. The van der Waals surface area contributed by atoms with Crippen molar-refractivity contribution in [3.8, 4) is 17.2 Å². The van der Waals surface area contributed by atoms with Gasteiger partial charge in [0.05, 0.1) is 14.2 Å². The zero-order valence-corrected chi connectivity index (χ0v) is 14.8. The minimum Gasteiger partial charge on any atom is -0.637 e. The van der Waals surface area contributed by atoms with Crippen molar-refractivity contribution < 1.29 is 13.3 Å². The van der Waals surface area contributed by atoms with E-state index < -0.39 is 14.5 Å². The Labute approximate surface area is 128 Å². The van der Waals surface area contributed by atoms with Gasteiger partial charge < -0.3 is 13.3 Å². The summed E-state index contributed by atoms with van der Waals surface area (Å²) < 4.78 is 17.2. The van der Waals surface area contributed by atoms with Crippen LogP contribution >= 0.6 is 0 Å². The second-order valence-corrected chi connectivity index (χ2v) is 8.41. The Bertz CT molecular complexity index is 372. The van der Waals surface area contributed by atoms with Crippen molar-refractivity contribution >= 4 is 14.5 Å². The van der Waals surface area contributed by atoms with E-state index in [2.05, 4.69) is 27.7 Å². The molecule has 0 atom stereocenters.